The number of hydrogen-bond acceptors (Lipinski definition) is 3. The molecule has 0 saturated carbocycles. The average molecular weight is 841 g/mol. The molecule has 11 aromatic rings. The Balaban J connectivity index is 1.21. The lowest BCUT2D eigenvalue weighted by Crippen LogP contribution is -2.56. The summed E-state index contributed by atoms with van der Waals surface area (Å²) in [6.45, 7) is 16.4. The third-order valence-corrected chi connectivity index (χ3v) is 15.8. The molecular formula is C60H49BN2O2. The van der Waals surface area contributed by atoms with Gasteiger partial charge in [-0.15, -0.1) is 0 Å². The molecule has 0 radical (unpaired) electrons. The Hall–Kier alpha value is -6.98. The molecule has 65 heavy (non-hydrogen) atoms. The maximum absolute atomic E-state index is 7.69. The quantitative estimate of drug-likeness (QED) is 0.163. The topological polar surface area (TPSA) is 34.5 Å². The molecular weight excluding hydrogens is 791 g/mol. The van der Waals surface area contributed by atoms with Crippen LogP contribution in [-0.2, 0) is 16.2 Å². The van der Waals surface area contributed by atoms with Gasteiger partial charge in [-0.3, -0.25) is 0 Å². The lowest BCUT2D eigenvalue weighted by molar-refractivity contribution is 0.332. The van der Waals surface area contributed by atoms with Gasteiger partial charge in [-0.05, 0) is 110 Å². The monoisotopic (exact) mass is 840 g/mol. The lowest BCUT2D eigenvalue weighted by Gasteiger charge is -2.42. The minimum atomic E-state index is -0.264. The number of hydrogen-bond donors (Lipinski definition) is 0. The predicted molar refractivity (Wildman–Crippen MR) is 274 cm³/mol. The minimum absolute atomic E-state index is 0.00535. The molecule has 3 aromatic heterocycles. The van der Waals surface area contributed by atoms with Crippen LogP contribution in [0, 0.1) is 0 Å². The molecule has 5 heteroatoms. The highest BCUT2D eigenvalue weighted by molar-refractivity contribution is 6.90. The van der Waals surface area contributed by atoms with Crippen molar-refractivity contribution in [3.63, 3.8) is 0 Å². The molecule has 0 amide bonds. The molecule has 1 aliphatic carbocycles. The first-order valence-electron chi connectivity index (χ1n) is 23.4. The second-order valence-electron chi connectivity index (χ2n) is 21.5. The van der Waals surface area contributed by atoms with Crippen molar-refractivity contribution in [2.24, 2.45) is 0 Å². The zero-order valence-corrected chi connectivity index (χ0v) is 38.1. The fourth-order valence-electron chi connectivity index (χ4n) is 12.3. The average Bonchev–Trinajstić information content (AvgIpc) is 3.99. The summed E-state index contributed by atoms with van der Waals surface area (Å²) >= 11 is 0. The van der Waals surface area contributed by atoms with Crippen LogP contribution in [0.2, 0.25) is 0 Å². The van der Waals surface area contributed by atoms with E-state index in [-0.39, 0.29) is 23.1 Å². The van der Waals surface area contributed by atoms with Crippen LogP contribution in [-0.4, -0.2) is 11.3 Å². The van der Waals surface area contributed by atoms with E-state index in [2.05, 4.69) is 203 Å². The van der Waals surface area contributed by atoms with Crippen LogP contribution in [0.25, 0.3) is 87.7 Å². The van der Waals surface area contributed by atoms with E-state index in [0.29, 0.717) is 0 Å². The summed E-state index contributed by atoms with van der Waals surface area (Å²) in [4.78, 5) is 2.57. The smallest absolute Gasteiger partial charge is 0.376 e. The fourth-order valence-corrected chi connectivity index (χ4v) is 12.3. The molecule has 5 heterocycles. The Kier molecular flexibility index (Phi) is 7.15. The van der Waals surface area contributed by atoms with Gasteiger partial charge in [0.05, 0.1) is 11.4 Å². The van der Waals surface area contributed by atoms with Crippen LogP contribution in [0.1, 0.15) is 78.0 Å². The third-order valence-electron chi connectivity index (χ3n) is 15.8. The molecule has 0 atom stereocenters. The van der Waals surface area contributed by atoms with Crippen LogP contribution >= 0.6 is 0 Å². The molecule has 0 bridgehead atoms. The number of anilines is 3. The number of nitrogens with zero attached hydrogens (tertiary/aromatic N) is 2. The predicted octanol–water partition coefficient (Wildman–Crippen LogP) is 15.3. The molecule has 0 unspecified atom stereocenters. The van der Waals surface area contributed by atoms with E-state index in [1.807, 2.05) is 0 Å². The summed E-state index contributed by atoms with van der Waals surface area (Å²) in [6, 6.07) is 54.4. The SMILES string of the molecule is CC(C)(C)c1ccc(N2c3cc4oc5ccccc5c4c4c3B(c3oc5cc6c(cc5c32)C(C)(C)CCC6(C)C)n2c3ccc5ccccc5c3c3cccc-4c32)c(-c2ccccc2)c1. The van der Waals surface area contributed by atoms with Gasteiger partial charge in [-0.25, -0.2) is 0 Å². The molecule has 314 valence electrons. The van der Waals surface area contributed by atoms with Gasteiger partial charge in [0, 0.05) is 60.8 Å². The number of aromatic nitrogens is 1. The van der Waals surface area contributed by atoms with Crippen molar-refractivity contribution < 1.29 is 8.83 Å². The molecule has 0 spiro atoms. The summed E-state index contributed by atoms with van der Waals surface area (Å²) in [5.74, 6) is 0. The van der Waals surface area contributed by atoms with E-state index < -0.39 is 0 Å². The Morgan fingerprint density at radius 2 is 1.28 bits per heavy atom. The van der Waals surface area contributed by atoms with Gasteiger partial charge < -0.3 is 18.2 Å². The molecule has 0 saturated heterocycles. The number of rotatable bonds is 2. The van der Waals surface area contributed by atoms with Crippen LogP contribution < -0.4 is 16.0 Å². The zero-order chi connectivity index (χ0) is 43.9. The first-order chi connectivity index (χ1) is 31.4. The summed E-state index contributed by atoms with van der Waals surface area (Å²) in [5.41, 5.74) is 19.6. The van der Waals surface area contributed by atoms with Gasteiger partial charge in [0.15, 0.2) is 0 Å². The van der Waals surface area contributed by atoms with Crippen molar-refractivity contribution in [3.8, 4) is 22.3 Å². The third kappa shape index (κ3) is 4.88. The van der Waals surface area contributed by atoms with E-state index in [1.54, 1.807) is 0 Å². The van der Waals surface area contributed by atoms with Crippen molar-refractivity contribution >= 4 is 101 Å². The Labute approximate surface area is 379 Å². The summed E-state index contributed by atoms with van der Waals surface area (Å²) in [6.07, 6.45) is 2.26. The normalized spacial score (nSPS) is 16.0. The highest BCUT2D eigenvalue weighted by Crippen LogP contribution is 2.55. The fraction of sp³-hybridized carbons (Fsp3) is 0.200. The molecule has 0 N–H and O–H groups in total. The Morgan fingerprint density at radius 3 is 2.08 bits per heavy atom. The highest BCUT2D eigenvalue weighted by Gasteiger charge is 2.49. The Bertz CT molecular complexity index is 3890. The van der Waals surface area contributed by atoms with E-state index in [9.17, 15) is 0 Å². The zero-order valence-electron chi connectivity index (χ0n) is 38.1. The maximum atomic E-state index is 7.69. The van der Waals surface area contributed by atoms with Crippen LogP contribution in [0.4, 0.5) is 17.1 Å². The highest BCUT2D eigenvalue weighted by atomic mass is 16.3. The summed E-state index contributed by atoms with van der Waals surface area (Å²) in [5, 5.41) is 8.49. The van der Waals surface area contributed by atoms with E-state index in [4.69, 9.17) is 8.83 Å². The van der Waals surface area contributed by atoms with Gasteiger partial charge >= 0.3 is 6.85 Å². The van der Waals surface area contributed by atoms with Crippen LogP contribution in [0.15, 0.2) is 154 Å². The number of para-hydroxylation sites is 2. The standard InChI is InChI=1S/C60H49BN2O2/c1-58(2,3)36-25-27-45(41(30-36)34-16-9-8-10-17-34)62-47-33-50-52(38-20-13-14-23-48(38)64-50)53-40-22-15-21-39-51-37-19-12-11-18-35(37)24-26-46(51)63(55(39)40)61(54(47)53)57-56(62)42-31-43-44(32-49(42)65-57)60(6,7)29-28-59(43,4)5/h8-27,30-33H,28-29H2,1-7H3. The maximum Gasteiger partial charge on any atom is 0.376 e. The van der Waals surface area contributed by atoms with Gasteiger partial charge in [0.25, 0.3) is 0 Å². The summed E-state index contributed by atoms with van der Waals surface area (Å²) in [7, 11) is 0. The number of fused-ring (bicyclic) bond motifs is 16. The summed E-state index contributed by atoms with van der Waals surface area (Å²) < 4.78 is 17.3. The van der Waals surface area contributed by atoms with E-state index in [1.165, 1.54) is 77.0 Å². The van der Waals surface area contributed by atoms with E-state index in [0.717, 1.165) is 68.5 Å². The number of furan rings is 2. The van der Waals surface area contributed by atoms with Crippen molar-refractivity contribution in [3.05, 3.63) is 162 Å². The molecule has 0 fully saturated rings. The number of benzene rings is 8. The van der Waals surface area contributed by atoms with Crippen molar-refractivity contribution in [1.29, 1.82) is 0 Å². The van der Waals surface area contributed by atoms with Gasteiger partial charge in [-0.2, -0.15) is 0 Å². The molecule has 14 rings (SSSR count). The van der Waals surface area contributed by atoms with E-state index >= 15 is 0 Å². The molecule has 8 aromatic carbocycles. The van der Waals surface area contributed by atoms with Gasteiger partial charge in [-0.1, -0.05) is 152 Å². The van der Waals surface area contributed by atoms with Gasteiger partial charge in [0.2, 0.25) is 0 Å². The largest absolute Gasteiger partial charge is 0.466 e. The molecule has 3 aliphatic rings. The second kappa shape index (κ2) is 12.4. The van der Waals surface area contributed by atoms with Crippen LogP contribution in [0.5, 0.6) is 0 Å². The first-order valence-corrected chi connectivity index (χ1v) is 23.4. The Morgan fingerprint density at radius 1 is 0.554 bits per heavy atom. The van der Waals surface area contributed by atoms with Gasteiger partial charge in [0.1, 0.15) is 22.4 Å². The van der Waals surface area contributed by atoms with Crippen LogP contribution in [0.3, 0.4) is 0 Å². The minimum Gasteiger partial charge on any atom is -0.466 e. The van der Waals surface area contributed by atoms with Crippen molar-refractivity contribution in [1.82, 2.24) is 4.48 Å². The first kappa shape index (κ1) is 37.4. The van der Waals surface area contributed by atoms with Crippen molar-refractivity contribution in [2.75, 3.05) is 4.90 Å². The lowest BCUT2D eigenvalue weighted by atomic mass is 9.47. The molecule has 4 nitrogen and oxygen atoms in total. The second-order valence-corrected chi connectivity index (χ2v) is 21.5. The molecule has 2 aliphatic heterocycles. The van der Waals surface area contributed by atoms with Crippen molar-refractivity contribution in [2.45, 2.75) is 77.6 Å².